The number of ether oxygens (including phenoxy) is 1. The van der Waals surface area contributed by atoms with Crippen molar-refractivity contribution in [2.24, 2.45) is 5.92 Å². The number of benzene rings is 1. The molecular formula is C31H35N2O6PS. The molecule has 1 saturated heterocycles. The lowest BCUT2D eigenvalue weighted by Crippen LogP contribution is -2.41. The molecule has 41 heavy (non-hydrogen) atoms. The lowest BCUT2D eigenvalue weighted by atomic mass is 9.91. The lowest BCUT2D eigenvalue weighted by molar-refractivity contribution is 0.0702. The van der Waals surface area contributed by atoms with Crippen molar-refractivity contribution in [3.63, 3.8) is 0 Å². The number of carboxylic acids is 1. The number of nitrogens with zero attached hydrogens (tertiary/aromatic N) is 2. The third-order valence-corrected chi connectivity index (χ3v) is 12.7. The molecule has 2 aliphatic rings. The van der Waals surface area contributed by atoms with E-state index in [-0.39, 0.29) is 16.6 Å². The Hall–Kier alpha value is -2.97. The molecule has 6 rings (SSSR count). The number of pyridine rings is 1. The fourth-order valence-electron chi connectivity index (χ4n) is 6.14. The van der Waals surface area contributed by atoms with Crippen LogP contribution in [0, 0.1) is 5.92 Å². The first-order valence-corrected chi connectivity index (χ1v) is 16.7. The van der Waals surface area contributed by atoms with E-state index in [9.17, 15) is 14.5 Å². The summed E-state index contributed by atoms with van der Waals surface area (Å²) in [6, 6.07) is 15.3. The maximum absolute atomic E-state index is 14.9. The minimum absolute atomic E-state index is 0.126. The Labute approximate surface area is 243 Å². The zero-order valence-corrected chi connectivity index (χ0v) is 25.0. The van der Waals surface area contributed by atoms with Crippen LogP contribution in [-0.2, 0) is 13.8 Å². The highest BCUT2D eigenvalue weighted by Gasteiger charge is 2.46. The van der Waals surface area contributed by atoms with Crippen molar-refractivity contribution in [2.45, 2.75) is 57.1 Å². The van der Waals surface area contributed by atoms with Crippen molar-refractivity contribution in [3.05, 3.63) is 59.6 Å². The molecule has 1 saturated carbocycles. The first kappa shape index (κ1) is 28.2. The quantitative estimate of drug-likeness (QED) is 0.203. The Bertz CT molecular complexity index is 1530. The highest BCUT2D eigenvalue weighted by Crippen LogP contribution is 2.63. The number of fused-ring (bicyclic) bond motifs is 1. The Morgan fingerprint density at radius 3 is 2.41 bits per heavy atom. The fraction of sp³-hybridized carbons (Fsp3) is 0.419. The largest absolute Gasteiger partial charge is 0.477 e. The second-order valence-corrected chi connectivity index (χ2v) is 14.8. The fourth-order valence-corrected chi connectivity index (χ4v) is 10.1. The summed E-state index contributed by atoms with van der Waals surface area (Å²) in [5.41, 5.74) is 3.66. The normalized spacial score (nSPS) is 21.5. The van der Waals surface area contributed by atoms with Crippen molar-refractivity contribution >= 4 is 41.6 Å². The predicted molar refractivity (Wildman–Crippen MR) is 162 cm³/mol. The van der Waals surface area contributed by atoms with Crippen LogP contribution in [0.15, 0.2) is 59.1 Å². The Morgan fingerprint density at radius 2 is 1.76 bits per heavy atom. The van der Waals surface area contributed by atoms with Crippen molar-refractivity contribution in [1.29, 1.82) is 0 Å². The summed E-state index contributed by atoms with van der Waals surface area (Å²) in [6.07, 6.45) is 6.68. The van der Waals surface area contributed by atoms with E-state index >= 15 is 0 Å². The van der Waals surface area contributed by atoms with E-state index in [1.165, 1.54) is 18.4 Å². The number of thiophene rings is 1. The Kier molecular flexibility index (Phi) is 8.05. The van der Waals surface area contributed by atoms with Gasteiger partial charge in [-0.2, -0.15) is 0 Å². The molecular weight excluding hydrogens is 559 g/mol. The minimum Gasteiger partial charge on any atom is -0.477 e. The zero-order valence-electron chi connectivity index (χ0n) is 23.3. The topological polar surface area (TPSA) is 102 Å². The van der Waals surface area contributed by atoms with Crippen LogP contribution in [0.4, 0.5) is 5.69 Å². The maximum atomic E-state index is 14.9. The van der Waals surface area contributed by atoms with E-state index in [2.05, 4.69) is 11.9 Å². The molecule has 0 spiro atoms. The Balaban J connectivity index is 1.38. The molecule has 8 nitrogen and oxygen atoms in total. The van der Waals surface area contributed by atoms with E-state index in [4.69, 9.17) is 13.7 Å². The second-order valence-electron chi connectivity index (χ2n) is 11.1. The summed E-state index contributed by atoms with van der Waals surface area (Å²) < 4.78 is 34.3. The molecule has 1 atom stereocenters. The van der Waals surface area contributed by atoms with Gasteiger partial charge >= 0.3 is 5.97 Å². The molecule has 4 heterocycles. The molecule has 0 unspecified atom stereocenters. The SMILES string of the molecule is CO[P@](=O)(C1CCC(C)CC1)N(c1cc(-c2ccc(-c3cc4ncccc4o3)cc2)sc1C(=O)O)C1CCOCC1. The maximum Gasteiger partial charge on any atom is 0.348 e. The summed E-state index contributed by atoms with van der Waals surface area (Å²) in [7, 11) is -1.89. The van der Waals surface area contributed by atoms with Gasteiger partial charge in [-0.3, -0.25) is 14.2 Å². The molecule has 0 amide bonds. The van der Waals surface area contributed by atoms with E-state index in [1.54, 1.807) is 6.20 Å². The number of furan rings is 1. The monoisotopic (exact) mass is 594 g/mol. The van der Waals surface area contributed by atoms with Crippen LogP contribution < -0.4 is 4.67 Å². The van der Waals surface area contributed by atoms with Crippen molar-refractivity contribution in [1.82, 2.24) is 4.98 Å². The molecule has 1 aliphatic heterocycles. The van der Waals surface area contributed by atoms with E-state index in [1.807, 2.05) is 53.2 Å². The molecule has 1 N–H and O–H groups in total. The van der Waals surface area contributed by atoms with Gasteiger partial charge in [0, 0.05) is 49.1 Å². The van der Waals surface area contributed by atoms with Gasteiger partial charge in [0.1, 0.15) is 16.2 Å². The highest BCUT2D eigenvalue weighted by molar-refractivity contribution is 7.61. The third-order valence-electron chi connectivity index (χ3n) is 8.44. The van der Waals surface area contributed by atoms with Crippen LogP contribution in [0.25, 0.3) is 32.9 Å². The number of rotatable bonds is 8. The second kappa shape index (κ2) is 11.7. The molecule has 0 radical (unpaired) electrons. The van der Waals surface area contributed by atoms with Gasteiger partial charge in [-0.05, 0) is 68.2 Å². The van der Waals surface area contributed by atoms with Gasteiger partial charge in [0.05, 0.1) is 11.3 Å². The summed E-state index contributed by atoms with van der Waals surface area (Å²) in [5.74, 6) is 0.283. The number of anilines is 1. The van der Waals surface area contributed by atoms with Crippen molar-refractivity contribution in [3.8, 4) is 21.8 Å². The number of aromatic nitrogens is 1. The molecule has 10 heteroatoms. The van der Waals surface area contributed by atoms with Crippen molar-refractivity contribution in [2.75, 3.05) is 25.0 Å². The number of carbonyl (C=O) groups is 1. The van der Waals surface area contributed by atoms with Gasteiger partial charge in [-0.25, -0.2) is 4.79 Å². The summed E-state index contributed by atoms with van der Waals surface area (Å²) in [4.78, 5) is 17.9. The van der Waals surface area contributed by atoms with Crippen LogP contribution >= 0.6 is 18.9 Å². The summed E-state index contributed by atoms with van der Waals surface area (Å²) in [5, 5.41) is 10.3. The number of carboxylic acid groups (broad SMARTS) is 1. The third kappa shape index (κ3) is 5.48. The minimum atomic E-state index is -3.41. The molecule has 3 aromatic heterocycles. The van der Waals surface area contributed by atoms with E-state index in [0.29, 0.717) is 37.7 Å². The number of aromatic carboxylic acids is 1. The number of hydrogen-bond acceptors (Lipinski definition) is 7. The van der Waals surface area contributed by atoms with Gasteiger partial charge < -0.3 is 18.8 Å². The number of hydrogen-bond donors (Lipinski definition) is 1. The summed E-state index contributed by atoms with van der Waals surface area (Å²) in [6.45, 7) is 3.32. The predicted octanol–water partition coefficient (Wildman–Crippen LogP) is 8.33. The van der Waals surface area contributed by atoms with Gasteiger partial charge in [0.25, 0.3) is 7.52 Å². The van der Waals surface area contributed by atoms with Crippen LogP contribution in [0.3, 0.4) is 0 Å². The molecule has 1 aromatic carbocycles. The average Bonchev–Trinajstić information content (AvgIpc) is 3.63. The van der Waals surface area contributed by atoms with Crippen LogP contribution in [0.5, 0.6) is 0 Å². The first-order chi connectivity index (χ1) is 19.9. The first-order valence-electron chi connectivity index (χ1n) is 14.2. The zero-order chi connectivity index (χ0) is 28.6. The van der Waals surface area contributed by atoms with Crippen LogP contribution in [0.2, 0.25) is 0 Å². The average molecular weight is 595 g/mol. The standard InChI is InChI=1S/C31H35N2O6PS/c1-20-5-11-24(12-6-20)40(36,37-2)33(23-13-16-38-17-14-23)26-19-29(41-30(26)31(34)35)22-9-7-21(8-10-22)28-18-25-27(39-28)4-3-15-32-25/h3-4,7-10,15,18-20,23-24H,5-6,11-14,16-17H2,1-2H3,(H,34,35)/t20?,24?,40-/m1/s1. The van der Waals surface area contributed by atoms with Gasteiger partial charge in [0.15, 0.2) is 5.58 Å². The molecule has 4 aromatic rings. The van der Waals surface area contributed by atoms with Gasteiger partial charge in [-0.15, -0.1) is 11.3 Å². The molecule has 1 aliphatic carbocycles. The van der Waals surface area contributed by atoms with Crippen LogP contribution in [-0.4, -0.2) is 48.1 Å². The van der Waals surface area contributed by atoms with Gasteiger partial charge in [0.2, 0.25) is 0 Å². The Morgan fingerprint density at radius 1 is 1.05 bits per heavy atom. The smallest absolute Gasteiger partial charge is 0.348 e. The van der Waals surface area contributed by atoms with Crippen molar-refractivity contribution < 1.29 is 28.1 Å². The van der Waals surface area contributed by atoms with E-state index < -0.39 is 13.5 Å². The molecule has 2 fully saturated rings. The molecule has 216 valence electrons. The summed E-state index contributed by atoms with van der Waals surface area (Å²) >= 11 is 1.21. The lowest BCUT2D eigenvalue weighted by Gasteiger charge is -2.44. The molecule has 0 bridgehead atoms. The van der Waals surface area contributed by atoms with E-state index in [0.717, 1.165) is 58.5 Å². The van der Waals surface area contributed by atoms with Crippen LogP contribution in [0.1, 0.15) is 55.1 Å². The van der Waals surface area contributed by atoms with Gasteiger partial charge in [-0.1, -0.05) is 31.2 Å². The highest BCUT2D eigenvalue weighted by atomic mass is 32.1.